The van der Waals surface area contributed by atoms with Gasteiger partial charge < -0.3 is 4.90 Å². The molecule has 0 N–H and O–H groups in total. The summed E-state index contributed by atoms with van der Waals surface area (Å²) in [6.45, 7) is 6.77. The quantitative estimate of drug-likeness (QED) is 0.713. The molecule has 1 aromatic carbocycles. The molecule has 3 heteroatoms. The van der Waals surface area contributed by atoms with Gasteiger partial charge in [-0.3, -0.25) is 0 Å². The number of rotatable bonds is 2. The standard InChI is InChI=1S/C14H19Cl2N/c1-10-6-11(2)9-17(8-10)14-12(7-15)4-3-5-13(14)16/h3-5,10-11H,6-9H2,1-2H3. The molecule has 0 spiro atoms. The van der Waals surface area contributed by atoms with Crippen LogP contribution in [-0.2, 0) is 5.88 Å². The van der Waals surface area contributed by atoms with Gasteiger partial charge in [0.1, 0.15) is 0 Å². The van der Waals surface area contributed by atoms with Gasteiger partial charge in [-0.1, -0.05) is 37.6 Å². The minimum absolute atomic E-state index is 0.523. The minimum atomic E-state index is 0.523. The first kappa shape index (κ1) is 13.0. The Balaban J connectivity index is 2.32. The van der Waals surface area contributed by atoms with Crippen LogP contribution in [0.25, 0.3) is 0 Å². The third-order valence-electron chi connectivity index (χ3n) is 3.40. The van der Waals surface area contributed by atoms with Crippen LogP contribution in [0.5, 0.6) is 0 Å². The van der Waals surface area contributed by atoms with Crippen molar-refractivity contribution in [1.29, 1.82) is 0 Å². The van der Waals surface area contributed by atoms with Crippen LogP contribution in [0.15, 0.2) is 18.2 Å². The Bertz CT molecular complexity index is 382. The largest absolute Gasteiger partial charge is 0.370 e. The molecule has 1 nitrogen and oxygen atoms in total. The predicted molar refractivity (Wildman–Crippen MR) is 76.2 cm³/mol. The lowest BCUT2D eigenvalue weighted by molar-refractivity contribution is 0.356. The van der Waals surface area contributed by atoms with Crippen LogP contribution in [0.4, 0.5) is 5.69 Å². The molecule has 17 heavy (non-hydrogen) atoms. The summed E-state index contributed by atoms with van der Waals surface area (Å²) in [5.41, 5.74) is 2.28. The van der Waals surface area contributed by atoms with Gasteiger partial charge in [0, 0.05) is 19.0 Å². The minimum Gasteiger partial charge on any atom is -0.370 e. The van der Waals surface area contributed by atoms with Gasteiger partial charge in [0.05, 0.1) is 10.7 Å². The molecule has 1 aliphatic heterocycles. The van der Waals surface area contributed by atoms with E-state index in [4.69, 9.17) is 23.2 Å². The second-order valence-corrected chi connectivity index (χ2v) is 5.91. The number of benzene rings is 1. The van der Waals surface area contributed by atoms with E-state index in [0.29, 0.717) is 5.88 Å². The summed E-state index contributed by atoms with van der Waals surface area (Å²) in [7, 11) is 0. The predicted octanol–water partition coefficient (Wildman–Crippen LogP) is 4.56. The maximum Gasteiger partial charge on any atom is 0.0642 e. The average molecular weight is 272 g/mol. The van der Waals surface area contributed by atoms with Crippen molar-refractivity contribution in [1.82, 2.24) is 0 Å². The first-order valence-corrected chi connectivity index (χ1v) is 7.11. The topological polar surface area (TPSA) is 3.24 Å². The van der Waals surface area contributed by atoms with Crippen molar-refractivity contribution in [3.05, 3.63) is 28.8 Å². The van der Waals surface area contributed by atoms with Crippen LogP contribution in [0.2, 0.25) is 5.02 Å². The lowest BCUT2D eigenvalue weighted by atomic mass is 9.91. The molecule has 0 aliphatic carbocycles. The smallest absolute Gasteiger partial charge is 0.0642 e. The number of para-hydroxylation sites is 1. The van der Waals surface area contributed by atoms with Gasteiger partial charge in [0.2, 0.25) is 0 Å². The molecule has 1 aromatic rings. The molecule has 1 fully saturated rings. The highest BCUT2D eigenvalue weighted by Gasteiger charge is 2.24. The zero-order valence-corrected chi connectivity index (χ0v) is 11.9. The van der Waals surface area contributed by atoms with E-state index >= 15 is 0 Å². The summed E-state index contributed by atoms with van der Waals surface area (Å²) >= 11 is 12.3. The number of piperidine rings is 1. The third-order valence-corrected chi connectivity index (χ3v) is 3.99. The Hall–Kier alpha value is -0.400. The molecule has 1 saturated heterocycles. The maximum atomic E-state index is 6.34. The van der Waals surface area contributed by atoms with Crippen LogP contribution in [-0.4, -0.2) is 13.1 Å². The summed E-state index contributed by atoms with van der Waals surface area (Å²) in [5, 5.41) is 0.824. The Kier molecular flexibility index (Phi) is 4.22. The van der Waals surface area contributed by atoms with Crippen molar-refractivity contribution in [2.75, 3.05) is 18.0 Å². The number of hydrogen-bond donors (Lipinski definition) is 0. The zero-order valence-electron chi connectivity index (χ0n) is 10.4. The summed E-state index contributed by atoms with van der Waals surface area (Å²) in [5.74, 6) is 1.96. The Morgan fingerprint density at radius 1 is 1.24 bits per heavy atom. The van der Waals surface area contributed by atoms with E-state index in [1.807, 2.05) is 12.1 Å². The molecule has 2 rings (SSSR count). The van der Waals surface area contributed by atoms with Crippen LogP contribution >= 0.6 is 23.2 Å². The highest BCUT2D eigenvalue weighted by atomic mass is 35.5. The van der Waals surface area contributed by atoms with Gasteiger partial charge in [0.25, 0.3) is 0 Å². The van der Waals surface area contributed by atoms with E-state index in [1.54, 1.807) is 0 Å². The van der Waals surface area contributed by atoms with E-state index in [9.17, 15) is 0 Å². The fourth-order valence-electron chi connectivity index (χ4n) is 2.87. The van der Waals surface area contributed by atoms with Gasteiger partial charge in [-0.25, -0.2) is 0 Å². The SMILES string of the molecule is CC1CC(C)CN(c2c(Cl)cccc2CCl)C1. The molecule has 1 heterocycles. The van der Waals surface area contributed by atoms with Gasteiger partial charge in [-0.05, 0) is 29.9 Å². The highest BCUT2D eigenvalue weighted by molar-refractivity contribution is 6.33. The summed E-state index contributed by atoms with van der Waals surface area (Å²) in [6, 6.07) is 6.00. The molecule has 0 amide bonds. The molecule has 0 saturated carbocycles. The number of hydrogen-bond acceptors (Lipinski definition) is 1. The second kappa shape index (κ2) is 5.49. The normalized spacial score (nSPS) is 25.1. The number of alkyl halides is 1. The molecule has 1 aliphatic rings. The lowest BCUT2D eigenvalue weighted by Crippen LogP contribution is -2.39. The van der Waals surface area contributed by atoms with Crippen LogP contribution in [0.1, 0.15) is 25.8 Å². The van der Waals surface area contributed by atoms with Crippen molar-refractivity contribution in [3.63, 3.8) is 0 Å². The Morgan fingerprint density at radius 3 is 2.47 bits per heavy atom. The van der Waals surface area contributed by atoms with Gasteiger partial charge in [0.15, 0.2) is 0 Å². The van der Waals surface area contributed by atoms with Gasteiger partial charge in [-0.2, -0.15) is 0 Å². The molecular formula is C14H19Cl2N. The number of anilines is 1. The molecule has 0 bridgehead atoms. The first-order valence-electron chi connectivity index (χ1n) is 6.20. The highest BCUT2D eigenvalue weighted by Crippen LogP contribution is 2.35. The van der Waals surface area contributed by atoms with Crippen molar-refractivity contribution in [2.24, 2.45) is 11.8 Å². The van der Waals surface area contributed by atoms with Crippen molar-refractivity contribution >= 4 is 28.9 Å². The van der Waals surface area contributed by atoms with Crippen molar-refractivity contribution < 1.29 is 0 Å². The van der Waals surface area contributed by atoms with E-state index < -0.39 is 0 Å². The fourth-order valence-corrected chi connectivity index (χ4v) is 3.40. The lowest BCUT2D eigenvalue weighted by Gasteiger charge is -2.38. The molecule has 0 radical (unpaired) electrons. The third kappa shape index (κ3) is 2.89. The first-order chi connectivity index (χ1) is 8.11. The van der Waals surface area contributed by atoms with Crippen LogP contribution in [0.3, 0.4) is 0 Å². The van der Waals surface area contributed by atoms with Gasteiger partial charge in [-0.15, -0.1) is 11.6 Å². The van der Waals surface area contributed by atoms with Crippen molar-refractivity contribution in [2.45, 2.75) is 26.1 Å². The fraction of sp³-hybridized carbons (Fsp3) is 0.571. The van der Waals surface area contributed by atoms with E-state index in [-0.39, 0.29) is 0 Å². The molecular weight excluding hydrogens is 253 g/mol. The molecule has 2 atom stereocenters. The second-order valence-electron chi connectivity index (χ2n) is 5.23. The molecule has 94 valence electrons. The Labute approximate surface area is 114 Å². The Morgan fingerprint density at radius 2 is 1.88 bits per heavy atom. The number of halogens is 2. The van der Waals surface area contributed by atoms with Crippen LogP contribution in [0, 0.1) is 11.8 Å². The van der Waals surface area contributed by atoms with Gasteiger partial charge >= 0.3 is 0 Å². The van der Waals surface area contributed by atoms with E-state index in [2.05, 4.69) is 24.8 Å². The monoisotopic (exact) mass is 271 g/mol. The van der Waals surface area contributed by atoms with Crippen LogP contribution < -0.4 is 4.90 Å². The number of nitrogens with zero attached hydrogens (tertiary/aromatic N) is 1. The average Bonchev–Trinajstić information content (AvgIpc) is 2.27. The summed E-state index contributed by atoms with van der Waals surface area (Å²) < 4.78 is 0. The summed E-state index contributed by atoms with van der Waals surface area (Å²) in [4.78, 5) is 2.40. The maximum absolute atomic E-state index is 6.34. The van der Waals surface area contributed by atoms with Crippen molar-refractivity contribution in [3.8, 4) is 0 Å². The molecule has 0 aromatic heterocycles. The molecule has 2 unspecified atom stereocenters. The van der Waals surface area contributed by atoms with E-state index in [0.717, 1.165) is 41.2 Å². The van der Waals surface area contributed by atoms with E-state index in [1.165, 1.54) is 6.42 Å². The zero-order chi connectivity index (χ0) is 12.4. The summed E-state index contributed by atoms with van der Waals surface area (Å²) in [6.07, 6.45) is 1.30.